The molecule has 20 heavy (non-hydrogen) atoms. The van der Waals surface area contributed by atoms with Gasteiger partial charge in [0.2, 0.25) is 0 Å². The molecule has 0 heterocycles. The van der Waals surface area contributed by atoms with E-state index in [2.05, 4.69) is 33.9 Å². The van der Waals surface area contributed by atoms with Gasteiger partial charge in [-0.1, -0.05) is 32.9 Å². The van der Waals surface area contributed by atoms with Crippen LogP contribution in [0.4, 0.5) is 0 Å². The molecule has 1 rings (SSSR count). The SMILES string of the molecule is COc1cccc(C[C@@H](O)CO[Si](C)(C)C(C)(C)C)c1. The molecular formula is C16H28O3Si. The molecule has 3 nitrogen and oxygen atoms in total. The average Bonchev–Trinajstić information content (AvgIpc) is 2.35. The largest absolute Gasteiger partial charge is 0.497 e. The molecule has 114 valence electrons. The third-order valence-corrected chi connectivity index (χ3v) is 8.55. The molecule has 0 aliphatic heterocycles. The van der Waals surface area contributed by atoms with Crippen molar-refractivity contribution in [2.75, 3.05) is 13.7 Å². The zero-order valence-electron chi connectivity index (χ0n) is 13.6. The topological polar surface area (TPSA) is 38.7 Å². The van der Waals surface area contributed by atoms with Crippen LogP contribution in [0.1, 0.15) is 26.3 Å². The lowest BCUT2D eigenvalue weighted by atomic mass is 10.1. The molecule has 1 aromatic rings. The zero-order valence-corrected chi connectivity index (χ0v) is 14.6. The van der Waals surface area contributed by atoms with Crippen LogP contribution in [0.15, 0.2) is 24.3 Å². The standard InChI is InChI=1S/C16H28O3Si/c1-16(2,3)20(5,6)19-12-14(17)10-13-8-7-9-15(11-13)18-4/h7-9,11,14,17H,10,12H2,1-6H3/t14-/m1/s1. The van der Waals surface area contributed by atoms with Crippen LogP contribution < -0.4 is 4.74 Å². The Bertz CT molecular complexity index is 424. The maximum atomic E-state index is 10.2. The summed E-state index contributed by atoms with van der Waals surface area (Å²) in [6, 6.07) is 7.80. The number of benzene rings is 1. The van der Waals surface area contributed by atoms with Crippen LogP contribution in [0, 0.1) is 0 Å². The second-order valence-electron chi connectivity index (χ2n) is 6.78. The number of hydrogen-bond acceptors (Lipinski definition) is 3. The summed E-state index contributed by atoms with van der Waals surface area (Å²) in [5.74, 6) is 0.819. The number of aliphatic hydroxyl groups excluding tert-OH is 1. The van der Waals surface area contributed by atoms with Crippen molar-refractivity contribution in [2.24, 2.45) is 0 Å². The van der Waals surface area contributed by atoms with Crippen molar-refractivity contribution >= 4 is 8.32 Å². The summed E-state index contributed by atoms with van der Waals surface area (Å²) in [6.45, 7) is 11.4. The number of methoxy groups -OCH3 is 1. The minimum absolute atomic E-state index is 0.169. The molecule has 0 saturated heterocycles. The van der Waals surface area contributed by atoms with Gasteiger partial charge in [0.1, 0.15) is 5.75 Å². The summed E-state index contributed by atoms with van der Waals surface area (Å²) >= 11 is 0. The van der Waals surface area contributed by atoms with Gasteiger partial charge in [-0.15, -0.1) is 0 Å². The number of hydrogen-bond donors (Lipinski definition) is 1. The number of rotatable bonds is 6. The molecule has 0 amide bonds. The first-order valence-electron chi connectivity index (χ1n) is 7.10. The van der Waals surface area contributed by atoms with Gasteiger partial charge in [-0.3, -0.25) is 0 Å². The summed E-state index contributed by atoms with van der Waals surface area (Å²) in [5, 5.41) is 10.3. The highest BCUT2D eigenvalue weighted by Crippen LogP contribution is 2.36. The lowest BCUT2D eigenvalue weighted by Gasteiger charge is -2.36. The van der Waals surface area contributed by atoms with Crippen molar-refractivity contribution < 1.29 is 14.3 Å². The quantitative estimate of drug-likeness (QED) is 0.815. The molecule has 1 N–H and O–H groups in total. The summed E-state index contributed by atoms with van der Waals surface area (Å²) in [4.78, 5) is 0. The Morgan fingerprint density at radius 3 is 2.45 bits per heavy atom. The Morgan fingerprint density at radius 1 is 1.25 bits per heavy atom. The van der Waals surface area contributed by atoms with E-state index in [1.165, 1.54) is 0 Å². The predicted molar refractivity (Wildman–Crippen MR) is 85.9 cm³/mol. The number of aliphatic hydroxyl groups is 1. The first-order chi connectivity index (χ1) is 9.15. The Hall–Kier alpha value is -0.843. The van der Waals surface area contributed by atoms with Crippen molar-refractivity contribution in [1.29, 1.82) is 0 Å². The van der Waals surface area contributed by atoms with Crippen molar-refractivity contribution in [3.05, 3.63) is 29.8 Å². The fourth-order valence-corrected chi connectivity index (χ4v) is 2.69. The zero-order chi connectivity index (χ0) is 15.4. The van der Waals surface area contributed by atoms with Gasteiger partial charge in [0.05, 0.1) is 19.8 Å². The Balaban J connectivity index is 2.53. The second kappa shape index (κ2) is 6.74. The van der Waals surface area contributed by atoms with E-state index in [4.69, 9.17) is 9.16 Å². The van der Waals surface area contributed by atoms with Gasteiger partial charge in [-0.25, -0.2) is 0 Å². The molecule has 0 spiro atoms. The number of ether oxygens (including phenoxy) is 1. The molecule has 0 fully saturated rings. The molecule has 0 unspecified atom stereocenters. The first kappa shape index (κ1) is 17.2. The molecule has 1 aromatic carbocycles. The van der Waals surface area contributed by atoms with Gasteiger partial charge < -0.3 is 14.3 Å². The Kier molecular flexibility index (Phi) is 5.80. The maximum absolute atomic E-state index is 10.2. The normalized spacial score (nSPS) is 14.2. The van der Waals surface area contributed by atoms with E-state index in [1.54, 1.807) is 7.11 Å². The van der Waals surface area contributed by atoms with Crippen LogP contribution in [0.5, 0.6) is 5.75 Å². The average molecular weight is 296 g/mol. The van der Waals surface area contributed by atoms with Gasteiger partial charge in [0.25, 0.3) is 0 Å². The van der Waals surface area contributed by atoms with Crippen LogP contribution in [-0.4, -0.2) is 33.2 Å². The van der Waals surface area contributed by atoms with Crippen molar-refractivity contribution in [3.8, 4) is 5.75 Å². The first-order valence-corrected chi connectivity index (χ1v) is 10.0. The van der Waals surface area contributed by atoms with Gasteiger partial charge in [-0.05, 0) is 35.8 Å². The lowest BCUT2D eigenvalue weighted by molar-refractivity contribution is 0.100. The molecule has 0 aromatic heterocycles. The maximum Gasteiger partial charge on any atom is 0.192 e. The molecule has 0 aliphatic rings. The van der Waals surface area contributed by atoms with Crippen molar-refractivity contribution in [2.45, 2.75) is 51.4 Å². The van der Waals surface area contributed by atoms with Crippen molar-refractivity contribution in [3.63, 3.8) is 0 Å². The van der Waals surface area contributed by atoms with Crippen LogP contribution >= 0.6 is 0 Å². The van der Waals surface area contributed by atoms with Gasteiger partial charge in [0, 0.05) is 6.42 Å². The molecule has 0 radical (unpaired) electrons. The highest BCUT2D eigenvalue weighted by Gasteiger charge is 2.37. The summed E-state index contributed by atoms with van der Waals surface area (Å²) < 4.78 is 11.2. The molecule has 1 atom stereocenters. The van der Waals surface area contributed by atoms with Crippen LogP contribution in [-0.2, 0) is 10.8 Å². The second-order valence-corrected chi connectivity index (χ2v) is 11.6. The van der Waals surface area contributed by atoms with Crippen LogP contribution in [0.25, 0.3) is 0 Å². The third-order valence-electron chi connectivity index (χ3n) is 4.05. The van der Waals surface area contributed by atoms with Crippen LogP contribution in [0.3, 0.4) is 0 Å². The van der Waals surface area contributed by atoms with E-state index in [0.29, 0.717) is 13.0 Å². The summed E-state index contributed by atoms with van der Waals surface area (Å²) in [6.07, 6.45) is 0.113. The highest BCUT2D eigenvalue weighted by atomic mass is 28.4. The minimum atomic E-state index is -1.79. The Morgan fingerprint density at radius 2 is 1.90 bits per heavy atom. The van der Waals surface area contributed by atoms with Gasteiger partial charge in [-0.2, -0.15) is 0 Å². The molecule has 4 heteroatoms. The van der Waals surface area contributed by atoms with E-state index < -0.39 is 14.4 Å². The van der Waals surface area contributed by atoms with Gasteiger partial charge >= 0.3 is 0 Å². The highest BCUT2D eigenvalue weighted by molar-refractivity contribution is 6.74. The van der Waals surface area contributed by atoms with E-state index in [1.807, 2.05) is 24.3 Å². The fourth-order valence-electron chi connectivity index (χ4n) is 1.65. The van der Waals surface area contributed by atoms with Crippen molar-refractivity contribution in [1.82, 2.24) is 0 Å². The van der Waals surface area contributed by atoms with Crippen LogP contribution in [0.2, 0.25) is 18.1 Å². The van der Waals surface area contributed by atoms with E-state index in [9.17, 15) is 5.11 Å². The van der Waals surface area contributed by atoms with E-state index in [0.717, 1.165) is 11.3 Å². The molecule has 0 saturated carbocycles. The summed E-state index contributed by atoms with van der Waals surface area (Å²) in [7, 11) is -0.138. The minimum Gasteiger partial charge on any atom is -0.497 e. The lowest BCUT2D eigenvalue weighted by Crippen LogP contribution is -2.42. The monoisotopic (exact) mass is 296 g/mol. The molecule has 0 aliphatic carbocycles. The molecule has 0 bridgehead atoms. The fraction of sp³-hybridized carbons (Fsp3) is 0.625. The van der Waals surface area contributed by atoms with Gasteiger partial charge in [0.15, 0.2) is 8.32 Å². The molecular weight excluding hydrogens is 268 g/mol. The third kappa shape index (κ3) is 4.92. The smallest absolute Gasteiger partial charge is 0.192 e. The predicted octanol–water partition coefficient (Wildman–Crippen LogP) is 3.62. The van der Waals surface area contributed by atoms with E-state index in [-0.39, 0.29) is 5.04 Å². The Labute approximate surface area is 124 Å². The summed E-state index contributed by atoms with van der Waals surface area (Å²) in [5.41, 5.74) is 1.07. The van der Waals surface area contributed by atoms with E-state index >= 15 is 0 Å².